The van der Waals surface area contributed by atoms with Gasteiger partial charge in [-0.2, -0.15) is 0 Å². The molecule has 2 aromatic rings. The van der Waals surface area contributed by atoms with Crippen LogP contribution in [0.1, 0.15) is 43.1 Å². The number of nitrogens with one attached hydrogen (secondary N) is 2. The second kappa shape index (κ2) is 7.77. The fraction of sp³-hybridized carbons (Fsp3) is 0.300. The van der Waals surface area contributed by atoms with Crippen molar-refractivity contribution in [1.29, 1.82) is 0 Å². The zero-order chi connectivity index (χ0) is 17.6. The predicted molar refractivity (Wildman–Crippen MR) is 97.2 cm³/mol. The summed E-state index contributed by atoms with van der Waals surface area (Å²) in [6.07, 6.45) is 0.237. The number of para-hydroxylation sites is 1. The van der Waals surface area contributed by atoms with Crippen LogP contribution in [0.3, 0.4) is 0 Å². The van der Waals surface area contributed by atoms with Gasteiger partial charge in [-0.3, -0.25) is 9.59 Å². The van der Waals surface area contributed by atoms with E-state index in [4.69, 9.17) is 0 Å². The number of carbonyl (C=O) groups is 2. The molecule has 126 valence electrons. The standard InChI is InChI=1S/C20H24N2O2/c1-20(2,3)16-11-9-15(10-12-16)19(24)21-14-13-18(23)22-17-7-5-4-6-8-17/h4-12H,13-14H2,1-3H3,(H,21,24)(H,22,23). The van der Waals surface area contributed by atoms with E-state index in [2.05, 4.69) is 31.4 Å². The number of amides is 2. The Labute approximate surface area is 143 Å². The average Bonchev–Trinajstić information content (AvgIpc) is 2.55. The Morgan fingerprint density at radius 2 is 1.54 bits per heavy atom. The van der Waals surface area contributed by atoms with Gasteiger partial charge >= 0.3 is 0 Å². The van der Waals surface area contributed by atoms with Gasteiger partial charge in [0.2, 0.25) is 5.91 Å². The van der Waals surface area contributed by atoms with Crippen LogP contribution in [0.4, 0.5) is 5.69 Å². The second-order valence-electron chi connectivity index (χ2n) is 6.75. The molecule has 0 aromatic heterocycles. The van der Waals surface area contributed by atoms with Gasteiger partial charge in [0.1, 0.15) is 0 Å². The van der Waals surface area contributed by atoms with E-state index in [0.717, 1.165) is 5.69 Å². The van der Waals surface area contributed by atoms with Gasteiger partial charge in [-0.05, 0) is 35.2 Å². The van der Waals surface area contributed by atoms with Crippen molar-refractivity contribution in [3.63, 3.8) is 0 Å². The number of hydrogen-bond acceptors (Lipinski definition) is 2. The number of benzene rings is 2. The lowest BCUT2D eigenvalue weighted by molar-refractivity contribution is -0.116. The lowest BCUT2D eigenvalue weighted by Gasteiger charge is -2.19. The van der Waals surface area contributed by atoms with Crippen LogP contribution in [0.15, 0.2) is 54.6 Å². The van der Waals surface area contributed by atoms with E-state index in [1.54, 1.807) is 0 Å². The lowest BCUT2D eigenvalue weighted by Crippen LogP contribution is -2.27. The predicted octanol–water partition coefficient (Wildman–Crippen LogP) is 3.74. The molecular weight excluding hydrogens is 300 g/mol. The highest BCUT2D eigenvalue weighted by Crippen LogP contribution is 2.22. The van der Waals surface area contributed by atoms with Crippen molar-refractivity contribution in [2.24, 2.45) is 0 Å². The first-order valence-corrected chi connectivity index (χ1v) is 8.10. The molecule has 0 bridgehead atoms. The summed E-state index contributed by atoms with van der Waals surface area (Å²) in [4.78, 5) is 23.9. The number of anilines is 1. The third kappa shape index (κ3) is 5.23. The fourth-order valence-electron chi connectivity index (χ4n) is 2.26. The normalized spacial score (nSPS) is 11.0. The maximum atomic E-state index is 12.1. The Morgan fingerprint density at radius 3 is 2.12 bits per heavy atom. The molecule has 0 fully saturated rings. The van der Waals surface area contributed by atoms with E-state index in [1.165, 1.54) is 5.56 Å². The van der Waals surface area contributed by atoms with Crippen LogP contribution < -0.4 is 10.6 Å². The molecule has 2 aromatic carbocycles. The minimum atomic E-state index is -0.164. The van der Waals surface area contributed by atoms with E-state index in [9.17, 15) is 9.59 Å². The molecule has 0 aliphatic rings. The number of rotatable bonds is 5. The molecule has 4 nitrogen and oxygen atoms in total. The molecular formula is C20H24N2O2. The van der Waals surface area contributed by atoms with Crippen molar-refractivity contribution < 1.29 is 9.59 Å². The highest BCUT2D eigenvalue weighted by molar-refractivity contribution is 5.95. The maximum absolute atomic E-state index is 12.1. The van der Waals surface area contributed by atoms with E-state index in [-0.39, 0.29) is 23.7 Å². The summed E-state index contributed by atoms with van der Waals surface area (Å²) >= 11 is 0. The topological polar surface area (TPSA) is 58.2 Å². The molecule has 0 saturated heterocycles. The Hall–Kier alpha value is -2.62. The molecule has 4 heteroatoms. The van der Waals surface area contributed by atoms with Gasteiger partial charge in [-0.25, -0.2) is 0 Å². The summed E-state index contributed by atoms with van der Waals surface area (Å²) < 4.78 is 0. The van der Waals surface area contributed by atoms with Gasteiger partial charge in [0, 0.05) is 24.2 Å². The number of carbonyl (C=O) groups excluding carboxylic acids is 2. The monoisotopic (exact) mass is 324 g/mol. The smallest absolute Gasteiger partial charge is 0.251 e. The van der Waals surface area contributed by atoms with Gasteiger partial charge < -0.3 is 10.6 Å². The Kier molecular flexibility index (Phi) is 5.74. The molecule has 2 N–H and O–H groups in total. The van der Waals surface area contributed by atoms with Crippen LogP contribution in [0.5, 0.6) is 0 Å². The molecule has 0 heterocycles. The molecule has 0 radical (unpaired) electrons. The van der Waals surface area contributed by atoms with Crippen molar-refractivity contribution in [2.75, 3.05) is 11.9 Å². The summed E-state index contributed by atoms with van der Waals surface area (Å²) in [6, 6.07) is 16.8. The van der Waals surface area contributed by atoms with Crippen molar-refractivity contribution in [1.82, 2.24) is 5.32 Å². The first kappa shape index (κ1) is 17.7. The number of hydrogen-bond donors (Lipinski definition) is 2. The third-order valence-corrected chi connectivity index (χ3v) is 3.71. The molecule has 0 spiro atoms. The van der Waals surface area contributed by atoms with Crippen LogP contribution in [-0.2, 0) is 10.2 Å². The largest absolute Gasteiger partial charge is 0.352 e. The zero-order valence-electron chi connectivity index (χ0n) is 14.4. The molecule has 0 atom stereocenters. The second-order valence-corrected chi connectivity index (χ2v) is 6.75. The molecule has 2 amide bonds. The molecule has 0 aliphatic carbocycles. The minimum Gasteiger partial charge on any atom is -0.352 e. The summed E-state index contributed by atoms with van der Waals surface area (Å²) in [5.41, 5.74) is 2.60. The van der Waals surface area contributed by atoms with Crippen LogP contribution in [0, 0.1) is 0 Å². The van der Waals surface area contributed by atoms with Crippen LogP contribution in [0.2, 0.25) is 0 Å². The van der Waals surface area contributed by atoms with Crippen LogP contribution in [-0.4, -0.2) is 18.4 Å². The van der Waals surface area contributed by atoms with Crippen LogP contribution >= 0.6 is 0 Å². The zero-order valence-corrected chi connectivity index (χ0v) is 14.4. The average molecular weight is 324 g/mol. The molecule has 0 unspecified atom stereocenters. The van der Waals surface area contributed by atoms with E-state index >= 15 is 0 Å². The summed E-state index contributed by atoms with van der Waals surface area (Å²) in [5, 5.41) is 5.56. The van der Waals surface area contributed by atoms with Gasteiger partial charge in [-0.1, -0.05) is 51.1 Å². The summed E-state index contributed by atoms with van der Waals surface area (Å²) in [5.74, 6) is -0.285. The SMILES string of the molecule is CC(C)(C)c1ccc(C(=O)NCCC(=O)Nc2ccccc2)cc1. The first-order valence-electron chi connectivity index (χ1n) is 8.10. The van der Waals surface area contributed by atoms with Crippen molar-refractivity contribution >= 4 is 17.5 Å². The van der Waals surface area contributed by atoms with Gasteiger partial charge in [0.25, 0.3) is 5.91 Å². The minimum absolute atomic E-state index is 0.0601. The van der Waals surface area contributed by atoms with Crippen LogP contribution in [0.25, 0.3) is 0 Å². The highest BCUT2D eigenvalue weighted by Gasteiger charge is 2.14. The van der Waals surface area contributed by atoms with Crippen molar-refractivity contribution in [3.05, 3.63) is 65.7 Å². The first-order chi connectivity index (χ1) is 11.4. The fourth-order valence-corrected chi connectivity index (χ4v) is 2.26. The molecule has 0 aliphatic heterocycles. The molecule has 24 heavy (non-hydrogen) atoms. The van der Waals surface area contributed by atoms with E-state index < -0.39 is 0 Å². The lowest BCUT2D eigenvalue weighted by atomic mass is 9.87. The molecule has 2 rings (SSSR count). The molecule has 0 saturated carbocycles. The quantitative estimate of drug-likeness (QED) is 0.880. The Morgan fingerprint density at radius 1 is 0.917 bits per heavy atom. The summed E-state index contributed by atoms with van der Waals surface area (Å²) in [6.45, 7) is 6.70. The van der Waals surface area contributed by atoms with E-state index in [0.29, 0.717) is 12.1 Å². The van der Waals surface area contributed by atoms with Gasteiger partial charge in [0.05, 0.1) is 0 Å². The highest BCUT2D eigenvalue weighted by atomic mass is 16.2. The Bertz CT molecular complexity index is 686. The van der Waals surface area contributed by atoms with Crippen molar-refractivity contribution in [3.8, 4) is 0 Å². The summed E-state index contributed by atoms with van der Waals surface area (Å²) in [7, 11) is 0. The Balaban J connectivity index is 1.80. The third-order valence-electron chi connectivity index (χ3n) is 3.71. The van der Waals surface area contributed by atoms with E-state index in [1.807, 2.05) is 54.6 Å². The maximum Gasteiger partial charge on any atom is 0.251 e. The van der Waals surface area contributed by atoms with Crippen molar-refractivity contribution in [2.45, 2.75) is 32.6 Å². The van der Waals surface area contributed by atoms with Gasteiger partial charge in [-0.15, -0.1) is 0 Å². The van der Waals surface area contributed by atoms with Gasteiger partial charge in [0.15, 0.2) is 0 Å².